The molecule has 0 saturated carbocycles. The Labute approximate surface area is 141 Å². The Bertz CT molecular complexity index is 560. The Morgan fingerprint density at radius 2 is 2.13 bits per heavy atom. The molecule has 1 aliphatic heterocycles. The zero-order valence-electron chi connectivity index (χ0n) is 13.7. The molecule has 1 saturated heterocycles. The van der Waals surface area contributed by atoms with Crippen molar-refractivity contribution >= 4 is 29.1 Å². The Morgan fingerprint density at radius 1 is 1.39 bits per heavy atom. The molecular formula is C16H24ClN3O3. The maximum Gasteiger partial charge on any atom is 0.407 e. The first-order valence-corrected chi connectivity index (χ1v) is 8.01. The van der Waals surface area contributed by atoms with Gasteiger partial charge in [0.2, 0.25) is 0 Å². The first-order chi connectivity index (χ1) is 10.7. The molecule has 0 bridgehead atoms. The fourth-order valence-corrected chi connectivity index (χ4v) is 2.56. The summed E-state index contributed by atoms with van der Waals surface area (Å²) in [6, 6.07) is 5.06. The average molecular weight is 342 g/mol. The molecule has 2 atom stereocenters. The number of anilines is 2. The minimum absolute atomic E-state index is 0.0975. The molecule has 6 nitrogen and oxygen atoms in total. The number of hydrogen-bond donors (Lipinski definition) is 3. The van der Waals surface area contributed by atoms with E-state index in [1.807, 2.05) is 26.8 Å². The summed E-state index contributed by atoms with van der Waals surface area (Å²) in [6.45, 7) is 6.57. The second-order valence-corrected chi connectivity index (χ2v) is 7.04. The Balaban J connectivity index is 2.02. The van der Waals surface area contributed by atoms with Crippen molar-refractivity contribution in [2.45, 2.75) is 44.9 Å². The second-order valence-electron chi connectivity index (χ2n) is 6.60. The van der Waals surface area contributed by atoms with Crippen molar-refractivity contribution in [3.05, 3.63) is 23.2 Å². The number of carbonyl (C=O) groups excluding carboxylic acids is 1. The maximum absolute atomic E-state index is 12.0. The van der Waals surface area contributed by atoms with Crippen molar-refractivity contribution in [3.63, 3.8) is 0 Å². The zero-order chi connectivity index (χ0) is 17.0. The van der Waals surface area contributed by atoms with Gasteiger partial charge in [-0.1, -0.05) is 11.6 Å². The number of ether oxygens (including phenoxy) is 2. The van der Waals surface area contributed by atoms with Crippen LogP contribution in [0.4, 0.5) is 16.2 Å². The van der Waals surface area contributed by atoms with Crippen LogP contribution in [0.5, 0.6) is 0 Å². The SMILES string of the molecule is CC(C)(C)OC(=O)N[C@@H]1CCOC[C@H]1Nc1ccc(Cl)cc1N. The van der Waals surface area contributed by atoms with Crippen LogP contribution in [0.2, 0.25) is 5.02 Å². The van der Waals surface area contributed by atoms with E-state index in [1.165, 1.54) is 0 Å². The van der Waals surface area contributed by atoms with E-state index in [2.05, 4.69) is 10.6 Å². The third-order valence-electron chi connectivity index (χ3n) is 3.41. The van der Waals surface area contributed by atoms with E-state index in [1.54, 1.807) is 12.1 Å². The van der Waals surface area contributed by atoms with Gasteiger partial charge in [0.05, 0.1) is 30.1 Å². The van der Waals surface area contributed by atoms with E-state index in [9.17, 15) is 4.79 Å². The van der Waals surface area contributed by atoms with Crippen LogP contribution in [-0.2, 0) is 9.47 Å². The van der Waals surface area contributed by atoms with Crippen LogP contribution in [0.15, 0.2) is 18.2 Å². The summed E-state index contributed by atoms with van der Waals surface area (Å²) < 4.78 is 10.8. The number of alkyl carbamates (subject to hydrolysis) is 1. The smallest absolute Gasteiger partial charge is 0.407 e. The lowest BCUT2D eigenvalue weighted by Gasteiger charge is -2.34. The summed E-state index contributed by atoms with van der Waals surface area (Å²) in [5.74, 6) is 0. The number of amides is 1. The van der Waals surface area contributed by atoms with Gasteiger partial charge in [-0.3, -0.25) is 0 Å². The number of nitrogen functional groups attached to an aromatic ring is 1. The van der Waals surface area contributed by atoms with Gasteiger partial charge < -0.3 is 25.8 Å². The van der Waals surface area contributed by atoms with Gasteiger partial charge in [-0.05, 0) is 45.4 Å². The Kier molecular flexibility index (Phi) is 5.59. The van der Waals surface area contributed by atoms with Crippen LogP contribution in [0.3, 0.4) is 0 Å². The number of hydrogen-bond acceptors (Lipinski definition) is 5. The zero-order valence-corrected chi connectivity index (χ0v) is 14.4. The van der Waals surface area contributed by atoms with Crippen molar-refractivity contribution in [1.82, 2.24) is 5.32 Å². The van der Waals surface area contributed by atoms with Crippen LogP contribution >= 0.6 is 11.6 Å². The molecule has 23 heavy (non-hydrogen) atoms. The fraction of sp³-hybridized carbons (Fsp3) is 0.562. The molecule has 1 aromatic rings. The molecule has 1 aromatic carbocycles. The molecule has 1 heterocycles. The van der Waals surface area contributed by atoms with Gasteiger partial charge in [0, 0.05) is 11.6 Å². The van der Waals surface area contributed by atoms with E-state index < -0.39 is 11.7 Å². The molecule has 1 aliphatic rings. The summed E-state index contributed by atoms with van der Waals surface area (Å²) in [5, 5.41) is 6.80. The molecule has 128 valence electrons. The quantitative estimate of drug-likeness (QED) is 0.736. The average Bonchev–Trinajstić information content (AvgIpc) is 2.41. The van der Waals surface area contributed by atoms with Gasteiger partial charge in [-0.25, -0.2) is 4.79 Å². The fourth-order valence-electron chi connectivity index (χ4n) is 2.38. The Morgan fingerprint density at radius 3 is 2.78 bits per heavy atom. The van der Waals surface area contributed by atoms with Crippen molar-refractivity contribution in [2.24, 2.45) is 0 Å². The Hall–Kier alpha value is -1.66. The van der Waals surface area contributed by atoms with Gasteiger partial charge in [0.15, 0.2) is 0 Å². The van der Waals surface area contributed by atoms with Gasteiger partial charge in [0.1, 0.15) is 5.60 Å². The maximum atomic E-state index is 12.0. The first kappa shape index (κ1) is 17.7. The third kappa shape index (κ3) is 5.48. The summed E-state index contributed by atoms with van der Waals surface area (Å²) in [7, 11) is 0. The van der Waals surface area contributed by atoms with E-state index in [4.69, 9.17) is 26.8 Å². The van der Waals surface area contributed by atoms with Crippen LogP contribution in [0.1, 0.15) is 27.2 Å². The van der Waals surface area contributed by atoms with Crippen LogP contribution in [-0.4, -0.2) is 37.0 Å². The number of benzene rings is 1. The summed E-state index contributed by atoms with van der Waals surface area (Å²) >= 11 is 5.91. The number of nitrogens with one attached hydrogen (secondary N) is 2. The van der Waals surface area contributed by atoms with Gasteiger partial charge in [-0.2, -0.15) is 0 Å². The van der Waals surface area contributed by atoms with Crippen molar-refractivity contribution in [3.8, 4) is 0 Å². The molecule has 7 heteroatoms. The molecule has 0 aromatic heterocycles. The highest BCUT2D eigenvalue weighted by Crippen LogP contribution is 2.25. The minimum Gasteiger partial charge on any atom is -0.444 e. The molecule has 0 spiro atoms. The first-order valence-electron chi connectivity index (χ1n) is 7.63. The lowest BCUT2D eigenvalue weighted by Crippen LogP contribution is -2.53. The standard InChI is InChI=1S/C16H24ClN3O3/c1-16(2,3)23-15(21)20-13-6-7-22-9-14(13)19-12-5-4-10(17)8-11(12)18/h4-5,8,13-14,19H,6-7,9,18H2,1-3H3,(H,20,21)/t13-,14-/m1/s1. The molecule has 0 unspecified atom stereocenters. The summed E-state index contributed by atoms with van der Waals surface area (Å²) in [5.41, 5.74) is 6.76. The normalized spacial score (nSPS) is 21.6. The largest absolute Gasteiger partial charge is 0.444 e. The van der Waals surface area contributed by atoms with E-state index in [0.29, 0.717) is 30.3 Å². The van der Waals surface area contributed by atoms with Crippen LogP contribution in [0.25, 0.3) is 0 Å². The highest BCUT2D eigenvalue weighted by atomic mass is 35.5. The second kappa shape index (κ2) is 7.27. The summed E-state index contributed by atoms with van der Waals surface area (Å²) in [4.78, 5) is 12.0. The van der Waals surface area contributed by atoms with E-state index >= 15 is 0 Å². The highest BCUT2D eigenvalue weighted by molar-refractivity contribution is 6.31. The topological polar surface area (TPSA) is 85.6 Å². The third-order valence-corrected chi connectivity index (χ3v) is 3.65. The van der Waals surface area contributed by atoms with E-state index in [-0.39, 0.29) is 12.1 Å². The van der Waals surface area contributed by atoms with Gasteiger partial charge in [0.25, 0.3) is 0 Å². The molecule has 4 N–H and O–H groups in total. The highest BCUT2D eigenvalue weighted by Gasteiger charge is 2.29. The van der Waals surface area contributed by atoms with Crippen molar-refractivity contribution < 1.29 is 14.3 Å². The minimum atomic E-state index is -0.529. The van der Waals surface area contributed by atoms with Gasteiger partial charge >= 0.3 is 6.09 Å². The predicted molar refractivity (Wildman–Crippen MR) is 91.9 cm³/mol. The molecule has 2 rings (SSSR count). The lowest BCUT2D eigenvalue weighted by atomic mass is 10.0. The molecule has 1 fully saturated rings. The lowest BCUT2D eigenvalue weighted by molar-refractivity contribution is 0.0365. The monoisotopic (exact) mass is 341 g/mol. The summed E-state index contributed by atoms with van der Waals surface area (Å²) in [6.07, 6.45) is 0.269. The molecule has 0 radical (unpaired) electrons. The van der Waals surface area contributed by atoms with Crippen molar-refractivity contribution in [2.75, 3.05) is 24.3 Å². The molecule has 0 aliphatic carbocycles. The molecular weight excluding hydrogens is 318 g/mol. The van der Waals surface area contributed by atoms with Gasteiger partial charge in [-0.15, -0.1) is 0 Å². The number of nitrogens with two attached hydrogens (primary N) is 1. The van der Waals surface area contributed by atoms with Crippen LogP contribution < -0.4 is 16.4 Å². The predicted octanol–water partition coefficient (Wildman–Crippen LogP) is 3.02. The van der Waals surface area contributed by atoms with Crippen LogP contribution in [0, 0.1) is 0 Å². The molecule has 1 amide bonds. The van der Waals surface area contributed by atoms with Crippen molar-refractivity contribution in [1.29, 1.82) is 0 Å². The number of rotatable bonds is 3. The number of halogens is 1. The van der Waals surface area contributed by atoms with E-state index in [0.717, 1.165) is 5.69 Å². The number of carbonyl (C=O) groups is 1.